The minimum absolute atomic E-state index is 0.114. The Morgan fingerprint density at radius 2 is 2.14 bits per heavy atom. The summed E-state index contributed by atoms with van der Waals surface area (Å²) < 4.78 is 11.1. The predicted molar refractivity (Wildman–Crippen MR) is 99.5 cm³/mol. The molecule has 28 heavy (non-hydrogen) atoms. The number of hydrogen-bond donors (Lipinski definition) is 1. The third kappa shape index (κ3) is 3.58. The molecule has 1 aromatic carbocycles. The highest BCUT2D eigenvalue weighted by Crippen LogP contribution is 2.44. The molecule has 1 aromatic heterocycles. The van der Waals surface area contributed by atoms with Crippen molar-refractivity contribution in [2.24, 2.45) is 0 Å². The van der Waals surface area contributed by atoms with E-state index in [2.05, 4.69) is 20.3 Å². The Balaban J connectivity index is 1.56. The van der Waals surface area contributed by atoms with Crippen LogP contribution in [-0.4, -0.2) is 46.2 Å². The molecule has 1 N–H and O–H groups in total. The monoisotopic (exact) mass is 384 g/mol. The number of para-hydroxylation sites is 1. The number of fused-ring (bicyclic) bond motifs is 1. The van der Waals surface area contributed by atoms with Crippen molar-refractivity contribution < 1.29 is 19.0 Å². The Morgan fingerprint density at radius 3 is 2.93 bits per heavy atom. The lowest BCUT2D eigenvalue weighted by Crippen LogP contribution is -2.46. The molecular weight excluding hydrogens is 360 g/mol. The van der Waals surface area contributed by atoms with Crippen molar-refractivity contribution in [3.8, 4) is 5.75 Å². The summed E-state index contributed by atoms with van der Waals surface area (Å²) in [6, 6.07) is 7.59. The van der Waals surface area contributed by atoms with Gasteiger partial charge in [-0.05, 0) is 19.4 Å². The van der Waals surface area contributed by atoms with Crippen molar-refractivity contribution in [3.63, 3.8) is 0 Å². The summed E-state index contributed by atoms with van der Waals surface area (Å²) in [7, 11) is 1.83. The zero-order valence-corrected chi connectivity index (χ0v) is 16.1. The van der Waals surface area contributed by atoms with Gasteiger partial charge in [0.15, 0.2) is 0 Å². The maximum absolute atomic E-state index is 12.7. The maximum atomic E-state index is 12.7. The Kier molecular flexibility index (Phi) is 4.78. The van der Waals surface area contributed by atoms with Gasteiger partial charge in [0.1, 0.15) is 22.7 Å². The third-order valence-electron chi connectivity index (χ3n) is 5.73. The molecule has 0 unspecified atom stereocenters. The maximum Gasteiger partial charge on any atom is 0.226 e. The number of carbonyl (C=O) groups excluding carboxylic acids is 2. The molecule has 2 aromatic rings. The fourth-order valence-corrected chi connectivity index (χ4v) is 4.01. The molecule has 8 heteroatoms. The summed E-state index contributed by atoms with van der Waals surface area (Å²) in [5.74, 6) is 0.765. The zero-order valence-electron chi connectivity index (χ0n) is 16.1. The Hall–Kier alpha value is -2.90. The molecule has 0 aliphatic carbocycles. The second kappa shape index (κ2) is 7.26. The first-order chi connectivity index (χ1) is 13.5. The van der Waals surface area contributed by atoms with Crippen LogP contribution in [0.1, 0.15) is 48.7 Å². The number of nitrogens with zero attached hydrogens (tertiary/aromatic N) is 3. The van der Waals surface area contributed by atoms with E-state index in [1.807, 2.05) is 31.3 Å². The van der Waals surface area contributed by atoms with Gasteiger partial charge in [-0.1, -0.05) is 28.5 Å². The molecule has 0 radical (unpaired) electrons. The minimum Gasteiger partial charge on any atom is -0.487 e. The lowest BCUT2D eigenvalue weighted by Gasteiger charge is -2.42. The predicted octanol–water partition coefficient (Wildman–Crippen LogP) is 1.94. The molecule has 2 aliphatic rings. The summed E-state index contributed by atoms with van der Waals surface area (Å²) in [4.78, 5) is 26.6. The molecule has 2 amide bonds. The van der Waals surface area contributed by atoms with Gasteiger partial charge in [0.25, 0.3) is 0 Å². The van der Waals surface area contributed by atoms with Crippen LogP contribution in [0.4, 0.5) is 0 Å². The Bertz CT molecular complexity index is 896. The highest BCUT2D eigenvalue weighted by Gasteiger charge is 2.43. The Morgan fingerprint density at radius 1 is 1.32 bits per heavy atom. The van der Waals surface area contributed by atoms with Crippen molar-refractivity contribution in [1.29, 1.82) is 0 Å². The van der Waals surface area contributed by atoms with Crippen molar-refractivity contribution in [2.45, 2.75) is 50.7 Å². The molecule has 0 saturated carbocycles. The molecule has 4 rings (SSSR count). The highest BCUT2D eigenvalue weighted by atomic mass is 16.6. The standard InChI is InChI=1S/C20H24N4O4/c1-13-15(23-28-22-13)11-18(25)21-16-12-20(8-7-19(26)24(2)10-9-20)27-17-6-4-3-5-14(16)17/h3-6,16H,7-12H2,1-2H3,(H,21,25)/t16-,20+/m1/s1. The van der Waals surface area contributed by atoms with Gasteiger partial charge >= 0.3 is 0 Å². The highest BCUT2D eigenvalue weighted by molar-refractivity contribution is 5.79. The van der Waals surface area contributed by atoms with E-state index >= 15 is 0 Å². The van der Waals surface area contributed by atoms with Gasteiger partial charge in [-0.2, -0.15) is 0 Å². The quantitative estimate of drug-likeness (QED) is 0.869. The number of nitrogens with one attached hydrogen (secondary N) is 1. The van der Waals surface area contributed by atoms with E-state index in [9.17, 15) is 9.59 Å². The number of rotatable bonds is 3. The third-order valence-corrected chi connectivity index (χ3v) is 5.73. The van der Waals surface area contributed by atoms with E-state index in [1.165, 1.54) is 0 Å². The summed E-state index contributed by atoms with van der Waals surface area (Å²) in [6.45, 7) is 2.41. The second-order valence-corrected chi connectivity index (χ2v) is 7.69. The van der Waals surface area contributed by atoms with Crippen LogP contribution >= 0.6 is 0 Å². The summed E-state index contributed by atoms with van der Waals surface area (Å²) in [6.07, 6.45) is 2.57. The van der Waals surface area contributed by atoms with Crippen LogP contribution in [0.15, 0.2) is 28.9 Å². The molecule has 3 heterocycles. The molecule has 1 spiro atoms. The Labute approximate surface area is 163 Å². The molecule has 1 fully saturated rings. The number of hydrogen-bond acceptors (Lipinski definition) is 6. The molecular formula is C20H24N4O4. The van der Waals surface area contributed by atoms with Gasteiger partial charge in [-0.15, -0.1) is 0 Å². The zero-order chi connectivity index (χ0) is 19.7. The summed E-state index contributed by atoms with van der Waals surface area (Å²) >= 11 is 0. The van der Waals surface area contributed by atoms with Crippen LogP contribution in [0.25, 0.3) is 0 Å². The molecule has 2 aliphatic heterocycles. The number of benzene rings is 1. The lowest BCUT2D eigenvalue weighted by molar-refractivity contribution is -0.129. The average Bonchev–Trinajstić information content (AvgIpc) is 3.03. The molecule has 0 bridgehead atoms. The van der Waals surface area contributed by atoms with Crippen LogP contribution in [0.3, 0.4) is 0 Å². The summed E-state index contributed by atoms with van der Waals surface area (Å²) in [5.41, 5.74) is 1.65. The van der Waals surface area contributed by atoms with Gasteiger partial charge in [0, 0.05) is 38.4 Å². The van der Waals surface area contributed by atoms with E-state index in [0.717, 1.165) is 17.7 Å². The van der Waals surface area contributed by atoms with Crippen molar-refractivity contribution in [3.05, 3.63) is 41.2 Å². The van der Waals surface area contributed by atoms with Gasteiger partial charge in [0.05, 0.1) is 12.5 Å². The number of aromatic nitrogens is 2. The fourth-order valence-electron chi connectivity index (χ4n) is 4.01. The van der Waals surface area contributed by atoms with Gasteiger partial charge in [-0.25, -0.2) is 4.63 Å². The first-order valence-corrected chi connectivity index (χ1v) is 9.55. The van der Waals surface area contributed by atoms with Gasteiger partial charge in [-0.3, -0.25) is 9.59 Å². The number of aryl methyl sites for hydroxylation is 1. The van der Waals surface area contributed by atoms with E-state index in [0.29, 0.717) is 37.2 Å². The number of carbonyl (C=O) groups is 2. The molecule has 2 atom stereocenters. The van der Waals surface area contributed by atoms with Crippen LogP contribution in [0, 0.1) is 6.92 Å². The normalized spacial score (nSPS) is 24.4. The number of likely N-dealkylation sites (tertiary alicyclic amines) is 1. The molecule has 8 nitrogen and oxygen atoms in total. The average molecular weight is 384 g/mol. The van der Waals surface area contributed by atoms with Crippen molar-refractivity contribution >= 4 is 11.8 Å². The smallest absolute Gasteiger partial charge is 0.226 e. The fraction of sp³-hybridized carbons (Fsp3) is 0.500. The second-order valence-electron chi connectivity index (χ2n) is 7.69. The summed E-state index contributed by atoms with van der Waals surface area (Å²) in [5, 5.41) is 10.6. The van der Waals surface area contributed by atoms with Crippen LogP contribution < -0.4 is 10.1 Å². The van der Waals surface area contributed by atoms with Crippen molar-refractivity contribution in [1.82, 2.24) is 20.5 Å². The van der Waals surface area contributed by atoms with E-state index < -0.39 is 5.60 Å². The van der Waals surface area contributed by atoms with Gasteiger partial charge < -0.3 is 15.0 Å². The van der Waals surface area contributed by atoms with Crippen LogP contribution in [-0.2, 0) is 16.0 Å². The topological polar surface area (TPSA) is 97.6 Å². The first-order valence-electron chi connectivity index (χ1n) is 9.55. The van der Waals surface area contributed by atoms with E-state index in [4.69, 9.17) is 4.74 Å². The van der Waals surface area contributed by atoms with Gasteiger partial charge in [0.2, 0.25) is 11.8 Å². The largest absolute Gasteiger partial charge is 0.487 e. The van der Waals surface area contributed by atoms with Crippen LogP contribution in [0.5, 0.6) is 5.75 Å². The number of ether oxygens (including phenoxy) is 1. The molecule has 1 saturated heterocycles. The SMILES string of the molecule is Cc1nonc1CC(=O)N[C@@H]1C[C@@]2(CCC(=O)N(C)CC2)Oc2ccccc21. The lowest BCUT2D eigenvalue weighted by atomic mass is 9.82. The first kappa shape index (κ1) is 18.5. The van der Waals surface area contributed by atoms with E-state index in [1.54, 1.807) is 11.8 Å². The van der Waals surface area contributed by atoms with Crippen LogP contribution in [0.2, 0.25) is 0 Å². The van der Waals surface area contributed by atoms with Crippen molar-refractivity contribution in [2.75, 3.05) is 13.6 Å². The van der Waals surface area contributed by atoms with E-state index in [-0.39, 0.29) is 24.3 Å². The minimum atomic E-state index is -0.460. The number of amides is 2. The molecule has 148 valence electrons.